The minimum absolute atomic E-state index is 0.142. The molecule has 2 saturated heterocycles. The highest BCUT2D eigenvalue weighted by atomic mass is 19.1. The van der Waals surface area contributed by atoms with Gasteiger partial charge >= 0.3 is 0 Å². The molecule has 0 spiro atoms. The maximum Gasteiger partial charge on any atom is 0.123 e. The Morgan fingerprint density at radius 3 is 2.79 bits per heavy atom. The lowest BCUT2D eigenvalue weighted by molar-refractivity contribution is 0.0605. The molecule has 2 heterocycles. The van der Waals surface area contributed by atoms with E-state index in [-0.39, 0.29) is 5.82 Å². The van der Waals surface area contributed by atoms with Crippen LogP contribution in [0.2, 0.25) is 0 Å². The van der Waals surface area contributed by atoms with Gasteiger partial charge in [-0.15, -0.1) is 0 Å². The molecule has 0 N–H and O–H groups in total. The fourth-order valence-corrected chi connectivity index (χ4v) is 3.48. The average molecular weight is 262 g/mol. The Bertz CT molecular complexity index is 417. The number of fused-ring (bicyclic) bond motifs is 1. The highest BCUT2D eigenvalue weighted by Crippen LogP contribution is 2.24. The summed E-state index contributed by atoms with van der Waals surface area (Å²) in [5.41, 5.74) is 1.24. The number of hydrogen-bond donors (Lipinski definition) is 0. The molecule has 0 saturated carbocycles. The monoisotopic (exact) mass is 262 g/mol. The number of hydrogen-bond acceptors (Lipinski definition) is 2. The van der Waals surface area contributed by atoms with Crippen LogP contribution in [0.4, 0.5) is 4.39 Å². The third-order valence-corrected chi connectivity index (χ3v) is 4.67. The van der Waals surface area contributed by atoms with E-state index in [9.17, 15) is 4.39 Å². The molecule has 0 aliphatic carbocycles. The molecular formula is C16H23FN2. The fraction of sp³-hybridized carbons (Fsp3) is 0.625. The van der Waals surface area contributed by atoms with Crippen LogP contribution in [0.5, 0.6) is 0 Å². The smallest absolute Gasteiger partial charge is 0.123 e. The van der Waals surface area contributed by atoms with E-state index in [0.717, 1.165) is 19.0 Å². The van der Waals surface area contributed by atoms with Crippen molar-refractivity contribution in [2.75, 3.05) is 26.2 Å². The summed E-state index contributed by atoms with van der Waals surface area (Å²) in [5, 5.41) is 0. The Morgan fingerprint density at radius 2 is 2.00 bits per heavy atom. The maximum absolute atomic E-state index is 12.9. The predicted octanol–water partition coefficient (Wildman–Crippen LogP) is 2.54. The Kier molecular flexibility index (Phi) is 3.85. The van der Waals surface area contributed by atoms with Crippen molar-refractivity contribution in [1.29, 1.82) is 0 Å². The molecule has 2 fully saturated rings. The van der Waals surface area contributed by atoms with Gasteiger partial charge in [-0.25, -0.2) is 4.39 Å². The van der Waals surface area contributed by atoms with Gasteiger partial charge in [-0.05, 0) is 50.4 Å². The number of nitrogens with zero attached hydrogens (tertiary/aromatic N) is 2. The van der Waals surface area contributed by atoms with E-state index < -0.39 is 0 Å². The lowest BCUT2D eigenvalue weighted by Gasteiger charge is -2.42. The van der Waals surface area contributed by atoms with Gasteiger partial charge in [0.1, 0.15) is 5.82 Å². The summed E-state index contributed by atoms with van der Waals surface area (Å²) < 4.78 is 12.9. The lowest BCUT2D eigenvalue weighted by atomic mass is 10.1. The SMILES string of the molecule is CC1CN2CCCC2CN1CCc1ccc(F)cc1. The van der Waals surface area contributed by atoms with Crippen LogP contribution < -0.4 is 0 Å². The van der Waals surface area contributed by atoms with Crippen LogP contribution in [0.3, 0.4) is 0 Å². The Labute approximate surface area is 115 Å². The van der Waals surface area contributed by atoms with Gasteiger partial charge in [0.05, 0.1) is 0 Å². The zero-order chi connectivity index (χ0) is 13.2. The van der Waals surface area contributed by atoms with Crippen molar-refractivity contribution in [2.24, 2.45) is 0 Å². The van der Waals surface area contributed by atoms with Crippen molar-refractivity contribution < 1.29 is 4.39 Å². The van der Waals surface area contributed by atoms with Crippen LogP contribution in [0, 0.1) is 5.82 Å². The largest absolute Gasteiger partial charge is 0.298 e. The first kappa shape index (κ1) is 13.1. The molecule has 0 radical (unpaired) electrons. The van der Waals surface area contributed by atoms with Crippen LogP contribution in [0.25, 0.3) is 0 Å². The number of piperazine rings is 1. The molecule has 3 heteroatoms. The van der Waals surface area contributed by atoms with Crippen molar-refractivity contribution in [3.8, 4) is 0 Å². The zero-order valence-corrected chi connectivity index (χ0v) is 11.7. The number of halogens is 1. The Balaban J connectivity index is 1.55. The normalized spacial score (nSPS) is 28.5. The minimum atomic E-state index is -0.142. The van der Waals surface area contributed by atoms with Gasteiger partial charge < -0.3 is 0 Å². The first-order valence-electron chi connectivity index (χ1n) is 7.45. The molecule has 0 amide bonds. The van der Waals surface area contributed by atoms with Crippen LogP contribution in [-0.4, -0.2) is 48.1 Å². The molecule has 3 rings (SSSR count). The molecule has 2 aliphatic heterocycles. The highest BCUT2D eigenvalue weighted by Gasteiger charge is 2.33. The summed E-state index contributed by atoms with van der Waals surface area (Å²) in [7, 11) is 0. The van der Waals surface area contributed by atoms with E-state index in [0.29, 0.717) is 6.04 Å². The summed E-state index contributed by atoms with van der Waals surface area (Å²) in [6.07, 6.45) is 3.75. The molecular weight excluding hydrogens is 239 g/mol. The molecule has 1 aromatic carbocycles. The van der Waals surface area contributed by atoms with E-state index in [4.69, 9.17) is 0 Å². The topological polar surface area (TPSA) is 6.48 Å². The zero-order valence-electron chi connectivity index (χ0n) is 11.7. The summed E-state index contributed by atoms with van der Waals surface area (Å²) in [6.45, 7) is 7.15. The molecule has 1 aromatic rings. The van der Waals surface area contributed by atoms with Gasteiger partial charge in [0.15, 0.2) is 0 Å². The van der Waals surface area contributed by atoms with Gasteiger partial charge in [0, 0.05) is 31.7 Å². The van der Waals surface area contributed by atoms with Crippen LogP contribution in [0.1, 0.15) is 25.3 Å². The minimum Gasteiger partial charge on any atom is -0.298 e. The van der Waals surface area contributed by atoms with E-state index in [1.807, 2.05) is 12.1 Å². The molecule has 19 heavy (non-hydrogen) atoms. The third-order valence-electron chi connectivity index (χ3n) is 4.67. The summed E-state index contributed by atoms with van der Waals surface area (Å²) in [5.74, 6) is -0.142. The lowest BCUT2D eigenvalue weighted by Crippen LogP contribution is -2.55. The van der Waals surface area contributed by atoms with Gasteiger partial charge in [-0.2, -0.15) is 0 Å². The Morgan fingerprint density at radius 1 is 1.21 bits per heavy atom. The van der Waals surface area contributed by atoms with E-state index in [1.54, 1.807) is 12.1 Å². The Hall–Kier alpha value is -0.930. The van der Waals surface area contributed by atoms with Crippen molar-refractivity contribution >= 4 is 0 Å². The first-order chi connectivity index (χ1) is 9.22. The quantitative estimate of drug-likeness (QED) is 0.826. The van der Waals surface area contributed by atoms with Crippen molar-refractivity contribution in [3.05, 3.63) is 35.6 Å². The predicted molar refractivity (Wildman–Crippen MR) is 75.7 cm³/mol. The van der Waals surface area contributed by atoms with Crippen LogP contribution >= 0.6 is 0 Å². The van der Waals surface area contributed by atoms with Crippen LogP contribution in [-0.2, 0) is 6.42 Å². The van der Waals surface area contributed by atoms with Crippen molar-refractivity contribution in [3.63, 3.8) is 0 Å². The summed E-state index contributed by atoms with van der Waals surface area (Å²) in [4.78, 5) is 5.26. The standard InChI is InChI=1S/C16H23FN2/c1-13-11-19-9-2-3-16(19)12-18(13)10-8-14-4-6-15(17)7-5-14/h4-7,13,16H,2-3,8-12H2,1H3. The maximum atomic E-state index is 12.9. The van der Waals surface area contributed by atoms with E-state index in [2.05, 4.69) is 16.7 Å². The average Bonchev–Trinajstić information content (AvgIpc) is 2.85. The fourth-order valence-electron chi connectivity index (χ4n) is 3.48. The van der Waals surface area contributed by atoms with Gasteiger partial charge in [-0.1, -0.05) is 12.1 Å². The third kappa shape index (κ3) is 2.98. The number of rotatable bonds is 3. The van der Waals surface area contributed by atoms with Gasteiger partial charge in [0.2, 0.25) is 0 Å². The van der Waals surface area contributed by atoms with Crippen molar-refractivity contribution in [1.82, 2.24) is 9.80 Å². The second kappa shape index (κ2) is 5.59. The van der Waals surface area contributed by atoms with E-state index in [1.165, 1.54) is 38.0 Å². The molecule has 2 unspecified atom stereocenters. The second-order valence-corrected chi connectivity index (χ2v) is 6.01. The summed E-state index contributed by atoms with van der Waals surface area (Å²) in [6, 6.07) is 8.37. The van der Waals surface area contributed by atoms with Gasteiger partial charge in [0.25, 0.3) is 0 Å². The molecule has 2 aliphatic rings. The molecule has 2 nitrogen and oxygen atoms in total. The molecule has 0 bridgehead atoms. The molecule has 2 atom stereocenters. The second-order valence-electron chi connectivity index (χ2n) is 6.01. The van der Waals surface area contributed by atoms with Crippen molar-refractivity contribution in [2.45, 2.75) is 38.3 Å². The first-order valence-corrected chi connectivity index (χ1v) is 7.45. The highest BCUT2D eigenvalue weighted by molar-refractivity contribution is 5.16. The van der Waals surface area contributed by atoms with E-state index >= 15 is 0 Å². The number of benzene rings is 1. The molecule has 104 valence electrons. The van der Waals surface area contributed by atoms with Crippen LogP contribution in [0.15, 0.2) is 24.3 Å². The summed E-state index contributed by atoms with van der Waals surface area (Å²) >= 11 is 0. The van der Waals surface area contributed by atoms with Gasteiger partial charge in [-0.3, -0.25) is 9.80 Å². The molecule has 0 aromatic heterocycles.